The van der Waals surface area contributed by atoms with Gasteiger partial charge in [-0.3, -0.25) is 16.0 Å². The van der Waals surface area contributed by atoms with E-state index in [4.69, 9.17) is 11.6 Å². The van der Waals surface area contributed by atoms with Gasteiger partial charge in [0.2, 0.25) is 0 Å². The molecule has 0 spiro atoms. The summed E-state index contributed by atoms with van der Waals surface area (Å²) in [5.41, 5.74) is 9.72. The Bertz CT molecular complexity index is 318. The van der Waals surface area contributed by atoms with E-state index in [0.717, 1.165) is 24.3 Å². The quantitative estimate of drug-likeness (QED) is 0.504. The van der Waals surface area contributed by atoms with Crippen molar-refractivity contribution in [2.24, 2.45) is 18.8 Å². The Balaban J connectivity index is 2.57. The topological polar surface area (TPSA) is 81.9 Å². The van der Waals surface area contributed by atoms with Crippen LogP contribution in [0.2, 0.25) is 0 Å². The number of nitrogen functional groups attached to an aromatic ring is 1. The zero-order chi connectivity index (χ0) is 12.1. The SMILES string of the molecule is CC(C)CCCC(NN)c1cnn(C)c1N. The van der Waals surface area contributed by atoms with E-state index in [9.17, 15) is 0 Å². The van der Waals surface area contributed by atoms with E-state index in [-0.39, 0.29) is 6.04 Å². The van der Waals surface area contributed by atoms with Crippen molar-refractivity contribution in [2.75, 3.05) is 5.73 Å². The van der Waals surface area contributed by atoms with Gasteiger partial charge >= 0.3 is 0 Å². The smallest absolute Gasteiger partial charge is 0.126 e. The Morgan fingerprint density at radius 3 is 2.56 bits per heavy atom. The summed E-state index contributed by atoms with van der Waals surface area (Å²) in [6.45, 7) is 4.45. The number of aromatic nitrogens is 2. The first-order valence-electron chi connectivity index (χ1n) is 5.79. The Kier molecular flexibility index (Phi) is 4.76. The molecule has 0 radical (unpaired) electrons. The fourth-order valence-corrected chi connectivity index (χ4v) is 1.79. The summed E-state index contributed by atoms with van der Waals surface area (Å²) in [6, 6.07) is 0.104. The van der Waals surface area contributed by atoms with Crippen molar-refractivity contribution in [1.29, 1.82) is 0 Å². The summed E-state index contributed by atoms with van der Waals surface area (Å²) in [5.74, 6) is 6.97. The molecule has 5 nitrogen and oxygen atoms in total. The zero-order valence-electron chi connectivity index (χ0n) is 10.4. The highest BCUT2D eigenvalue weighted by molar-refractivity contribution is 5.40. The maximum Gasteiger partial charge on any atom is 0.126 e. The summed E-state index contributed by atoms with van der Waals surface area (Å²) in [6.07, 6.45) is 5.12. The van der Waals surface area contributed by atoms with Crippen LogP contribution in [0.4, 0.5) is 5.82 Å². The van der Waals surface area contributed by atoms with Gasteiger partial charge < -0.3 is 5.73 Å². The number of hydrazine groups is 1. The summed E-state index contributed by atoms with van der Waals surface area (Å²) in [4.78, 5) is 0. The second kappa shape index (κ2) is 5.86. The van der Waals surface area contributed by atoms with Gasteiger partial charge in [0, 0.05) is 12.6 Å². The first-order valence-corrected chi connectivity index (χ1v) is 5.79. The van der Waals surface area contributed by atoms with Gasteiger partial charge in [0.1, 0.15) is 5.82 Å². The minimum atomic E-state index is 0.104. The predicted molar refractivity (Wildman–Crippen MR) is 66.4 cm³/mol. The fraction of sp³-hybridized carbons (Fsp3) is 0.727. The maximum atomic E-state index is 5.92. The van der Waals surface area contributed by atoms with E-state index in [0.29, 0.717) is 5.82 Å². The molecule has 5 heteroatoms. The minimum Gasteiger partial charge on any atom is -0.384 e. The van der Waals surface area contributed by atoms with Gasteiger partial charge in [0.05, 0.1) is 12.2 Å². The average Bonchev–Trinajstić information content (AvgIpc) is 2.55. The maximum absolute atomic E-state index is 5.92. The van der Waals surface area contributed by atoms with E-state index in [1.54, 1.807) is 10.9 Å². The van der Waals surface area contributed by atoms with Crippen molar-refractivity contribution in [3.05, 3.63) is 11.8 Å². The molecular formula is C11H23N5. The minimum absolute atomic E-state index is 0.104. The Morgan fingerprint density at radius 1 is 1.44 bits per heavy atom. The van der Waals surface area contributed by atoms with Crippen molar-refractivity contribution >= 4 is 5.82 Å². The number of nitrogens with two attached hydrogens (primary N) is 2. The lowest BCUT2D eigenvalue weighted by Gasteiger charge is -2.15. The molecule has 1 aromatic rings. The monoisotopic (exact) mass is 225 g/mol. The third-order valence-electron chi connectivity index (χ3n) is 2.87. The molecule has 16 heavy (non-hydrogen) atoms. The van der Waals surface area contributed by atoms with Gasteiger partial charge in [0.25, 0.3) is 0 Å². The molecule has 0 aliphatic heterocycles. The molecule has 5 N–H and O–H groups in total. The number of anilines is 1. The van der Waals surface area contributed by atoms with Crippen LogP contribution in [-0.4, -0.2) is 9.78 Å². The largest absolute Gasteiger partial charge is 0.384 e. The predicted octanol–water partition coefficient (Wildman–Crippen LogP) is 1.33. The Hall–Kier alpha value is -1.07. The van der Waals surface area contributed by atoms with E-state index in [2.05, 4.69) is 24.4 Å². The summed E-state index contributed by atoms with van der Waals surface area (Å²) < 4.78 is 1.67. The number of hydrogen-bond acceptors (Lipinski definition) is 4. The number of hydrogen-bond donors (Lipinski definition) is 3. The number of nitrogens with zero attached hydrogens (tertiary/aromatic N) is 2. The van der Waals surface area contributed by atoms with E-state index in [1.165, 1.54) is 6.42 Å². The van der Waals surface area contributed by atoms with Crippen LogP contribution in [0.3, 0.4) is 0 Å². The second-order valence-corrected chi connectivity index (χ2v) is 4.65. The van der Waals surface area contributed by atoms with Gasteiger partial charge in [-0.25, -0.2) is 0 Å². The van der Waals surface area contributed by atoms with Gasteiger partial charge in [-0.1, -0.05) is 26.7 Å². The standard InChI is InChI=1S/C11H23N5/c1-8(2)5-4-6-10(15-13)9-7-14-16(3)11(9)12/h7-8,10,15H,4-6,12-13H2,1-3H3. The second-order valence-electron chi connectivity index (χ2n) is 4.65. The van der Waals surface area contributed by atoms with Gasteiger partial charge in [0.15, 0.2) is 0 Å². The molecule has 0 aliphatic rings. The molecule has 0 amide bonds. The normalized spacial score (nSPS) is 13.3. The first kappa shape index (κ1) is 13.0. The molecule has 0 bridgehead atoms. The van der Waals surface area contributed by atoms with Crippen LogP contribution in [0.1, 0.15) is 44.7 Å². The lowest BCUT2D eigenvalue weighted by molar-refractivity contribution is 0.456. The van der Waals surface area contributed by atoms with Crippen molar-refractivity contribution in [3.8, 4) is 0 Å². The van der Waals surface area contributed by atoms with Gasteiger partial charge in [-0.15, -0.1) is 0 Å². The van der Waals surface area contributed by atoms with E-state index in [1.807, 2.05) is 7.05 Å². The van der Waals surface area contributed by atoms with Crippen LogP contribution in [0.15, 0.2) is 6.20 Å². The van der Waals surface area contributed by atoms with Crippen LogP contribution in [0.5, 0.6) is 0 Å². The highest BCUT2D eigenvalue weighted by atomic mass is 15.3. The molecule has 92 valence electrons. The molecule has 1 atom stereocenters. The van der Waals surface area contributed by atoms with Crippen LogP contribution < -0.4 is 17.0 Å². The highest BCUT2D eigenvalue weighted by Gasteiger charge is 2.15. The lowest BCUT2D eigenvalue weighted by Crippen LogP contribution is -2.28. The van der Waals surface area contributed by atoms with Crippen LogP contribution in [0.25, 0.3) is 0 Å². The van der Waals surface area contributed by atoms with Crippen molar-refractivity contribution < 1.29 is 0 Å². The van der Waals surface area contributed by atoms with E-state index < -0.39 is 0 Å². The lowest BCUT2D eigenvalue weighted by atomic mass is 10.00. The third-order valence-corrected chi connectivity index (χ3v) is 2.87. The molecule has 1 rings (SSSR count). The van der Waals surface area contributed by atoms with Crippen molar-refractivity contribution in [1.82, 2.24) is 15.2 Å². The Morgan fingerprint density at radius 2 is 2.12 bits per heavy atom. The molecule has 0 aliphatic carbocycles. The Labute approximate surface area is 97.2 Å². The molecule has 0 saturated carbocycles. The average molecular weight is 225 g/mol. The van der Waals surface area contributed by atoms with Crippen LogP contribution in [0, 0.1) is 5.92 Å². The zero-order valence-corrected chi connectivity index (χ0v) is 10.4. The van der Waals surface area contributed by atoms with Gasteiger partial charge in [-0.05, 0) is 12.3 Å². The molecule has 0 fully saturated rings. The molecule has 1 heterocycles. The van der Waals surface area contributed by atoms with Crippen LogP contribution in [-0.2, 0) is 7.05 Å². The number of aryl methyl sites for hydroxylation is 1. The fourth-order valence-electron chi connectivity index (χ4n) is 1.79. The van der Waals surface area contributed by atoms with Crippen molar-refractivity contribution in [3.63, 3.8) is 0 Å². The summed E-state index contributed by atoms with van der Waals surface area (Å²) in [5, 5.41) is 4.12. The summed E-state index contributed by atoms with van der Waals surface area (Å²) >= 11 is 0. The molecule has 0 saturated heterocycles. The highest BCUT2D eigenvalue weighted by Crippen LogP contribution is 2.24. The molecule has 0 aromatic carbocycles. The third kappa shape index (κ3) is 3.21. The van der Waals surface area contributed by atoms with E-state index >= 15 is 0 Å². The molecule has 1 aromatic heterocycles. The summed E-state index contributed by atoms with van der Waals surface area (Å²) in [7, 11) is 1.83. The van der Waals surface area contributed by atoms with Crippen LogP contribution >= 0.6 is 0 Å². The number of nitrogens with one attached hydrogen (secondary N) is 1. The van der Waals surface area contributed by atoms with Gasteiger partial charge in [-0.2, -0.15) is 5.10 Å². The molecule has 1 unspecified atom stereocenters. The number of rotatable bonds is 6. The van der Waals surface area contributed by atoms with Crippen molar-refractivity contribution in [2.45, 2.75) is 39.2 Å². The first-order chi connectivity index (χ1) is 7.56. The molecular weight excluding hydrogens is 202 g/mol.